The Hall–Kier alpha value is -1.92. The van der Waals surface area contributed by atoms with Crippen LogP contribution in [0, 0.1) is 0 Å². The lowest BCUT2D eigenvalue weighted by Crippen LogP contribution is -2.40. The first kappa shape index (κ1) is 14.0. The monoisotopic (exact) mass is 299 g/mol. The number of hydrogen-bond donors (Lipinski definition) is 2. The number of aliphatic hydroxyl groups is 1. The third-order valence-electron chi connectivity index (χ3n) is 3.31. The number of rotatable bonds is 3. The van der Waals surface area contributed by atoms with Crippen molar-refractivity contribution in [3.63, 3.8) is 0 Å². The molecule has 0 aliphatic carbocycles. The minimum Gasteiger partial charge on any atom is -0.535 e. The molecule has 4 nitrogen and oxygen atoms in total. The van der Waals surface area contributed by atoms with Crippen LogP contribution in [0.4, 0.5) is 0 Å². The van der Waals surface area contributed by atoms with Crippen molar-refractivity contribution >= 4 is 24.6 Å². The van der Waals surface area contributed by atoms with Gasteiger partial charge in [0.25, 0.3) is 0 Å². The Balaban J connectivity index is 1.86. The van der Waals surface area contributed by atoms with E-state index in [1.165, 1.54) is 11.8 Å². The van der Waals surface area contributed by atoms with Gasteiger partial charge in [-0.3, -0.25) is 4.98 Å². The van der Waals surface area contributed by atoms with Crippen LogP contribution in [-0.2, 0) is 6.42 Å². The van der Waals surface area contributed by atoms with E-state index in [2.05, 4.69) is 11.6 Å². The van der Waals surface area contributed by atoms with Gasteiger partial charge in [0.05, 0.1) is 10.7 Å². The molecule has 1 aromatic heterocycles. The minimum atomic E-state index is -0.941. The van der Waals surface area contributed by atoms with Crippen LogP contribution in [0.2, 0.25) is 0 Å². The molecule has 1 aliphatic heterocycles. The van der Waals surface area contributed by atoms with Gasteiger partial charge in [-0.2, -0.15) is 0 Å². The van der Waals surface area contributed by atoms with Gasteiger partial charge in [-0.1, -0.05) is 18.7 Å². The second-order valence-corrected chi connectivity index (χ2v) is 6.11. The van der Waals surface area contributed by atoms with Gasteiger partial charge in [0.2, 0.25) is 0 Å². The van der Waals surface area contributed by atoms with Crippen LogP contribution in [0.25, 0.3) is 5.76 Å². The molecule has 106 valence electrons. The number of nitrogens with zero attached hydrogens (tertiary/aromatic N) is 1. The third kappa shape index (κ3) is 2.91. The summed E-state index contributed by atoms with van der Waals surface area (Å²) in [5, 5.41) is 19.7. The topological polar surface area (TPSA) is 62.6 Å². The Bertz CT molecular complexity index is 665. The largest absolute Gasteiger partial charge is 0.537 e. The SMILES string of the molecule is C=C(O)c1cccc2c1OB(O)[C@@H](Sc1cccnc1)C2. The van der Waals surface area contributed by atoms with Crippen LogP contribution >= 0.6 is 11.8 Å². The summed E-state index contributed by atoms with van der Waals surface area (Å²) in [6, 6.07) is 9.32. The molecule has 0 bridgehead atoms. The van der Waals surface area contributed by atoms with E-state index in [0.29, 0.717) is 17.7 Å². The van der Waals surface area contributed by atoms with E-state index in [0.717, 1.165) is 10.5 Å². The van der Waals surface area contributed by atoms with Gasteiger partial charge in [-0.05, 0) is 30.2 Å². The summed E-state index contributed by atoms with van der Waals surface area (Å²) in [5.41, 5.74) is 1.48. The van der Waals surface area contributed by atoms with E-state index in [1.54, 1.807) is 18.5 Å². The van der Waals surface area contributed by atoms with E-state index in [9.17, 15) is 10.1 Å². The van der Waals surface area contributed by atoms with Crippen molar-refractivity contribution in [2.45, 2.75) is 16.5 Å². The molecular formula is C15H14BNO3S. The zero-order valence-corrected chi connectivity index (χ0v) is 12.1. The van der Waals surface area contributed by atoms with Crippen molar-refractivity contribution in [3.05, 3.63) is 60.4 Å². The Kier molecular flexibility index (Phi) is 3.90. The van der Waals surface area contributed by atoms with Crippen molar-refractivity contribution in [1.82, 2.24) is 4.98 Å². The van der Waals surface area contributed by atoms with E-state index < -0.39 is 7.12 Å². The molecular weight excluding hydrogens is 285 g/mol. The summed E-state index contributed by atoms with van der Waals surface area (Å²) in [4.78, 5) is 5.05. The second kappa shape index (κ2) is 5.83. The lowest BCUT2D eigenvalue weighted by Gasteiger charge is -2.28. The zero-order valence-electron chi connectivity index (χ0n) is 11.3. The summed E-state index contributed by atoms with van der Waals surface area (Å²) in [5.74, 6) is 0.456. The van der Waals surface area contributed by atoms with Crippen molar-refractivity contribution in [2.75, 3.05) is 0 Å². The summed E-state index contributed by atoms with van der Waals surface area (Å²) >= 11 is 1.53. The maximum absolute atomic E-state index is 10.2. The molecule has 21 heavy (non-hydrogen) atoms. The van der Waals surface area contributed by atoms with Crippen molar-refractivity contribution in [2.24, 2.45) is 0 Å². The van der Waals surface area contributed by atoms with Gasteiger partial charge in [0.1, 0.15) is 11.5 Å². The predicted molar refractivity (Wildman–Crippen MR) is 84.3 cm³/mol. The quantitative estimate of drug-likeness (QED) is 0.674. The van der Waals surface area contributed by atoms with Gasteiger partial charge >= 0.3 is 7.12 Å². The van der Waals surface area contributed by atoms with E-state index in [-0.39, 0.29) is 10.9 Å². The molecule has 0 saturated heterocycles. The Morgan fingerprint density at radius 3 is 2.95 bits per heavy atom. The smallest absolute Gasteiger partial charge is 0.535 e. The van der Waals surface area contributed by atoms with E-state index >= 15 is 0 Å². The van der Waals surface area contributed by atoms with Crippen molar-refractivity contribution in [3.8, 4) is 5.75 Å². The van der Waals surface area contributed by atoms with Crippen molar-refractivity contribution < 1.29 is 14.8 Å². The molecule has 0 saturated carbocycles. The molecule has 0 spiro atoms. The molecule has 1 atom stereocenters. The van der Waals surface area contributed by atoms with Crippen LogP contribution < -0.4 is 4.65 Å². The van der Waals surface area contributed by atoms with Gasteiger partial charge in [-0.15, -0.1) is 11.8 Å². The van der Waals surface area contributed by atoms with Crippen LogP contribution in [-0.4, -0.2) is 27.4 Å². The van der Waals surface area contributed by atoms with Crippen LogP contribution in [0.15, 0.2) is 54.2 Å². The fourth-order valence-electron chi connectivity index (χ4n) is 2.32. The highest BCUT2D eigenvalue weighted by molar-refractivity contribution is 8.01. The van der Waals surface area contributed by atoms with Crippen LogP contribution in [0.5, 0.6) is 5.75 Å². The standard InChI is InChI=1S/C15H14BNO3S/c1-10(18)13-6-2-4-11-8-14(16(19)20-15(11)13)21-12-5-3-7-17-9-12/h2-7,9,14,18-19H,1,8H2/t14-/m0/s1. The highest BCUT2D eigenvalue weighted by Gasteiger charge is 2.36. The first-order chi connectivity index (χ1) is 10.1. The number of para-hydroxylation sites is 1. The molecule has 6 heteroatoms. The summed E-state index contributed by atoms with van der Waals surface area (Å²) in [7, 11) is -0.941. The molecule has 3 rings (SSSR count). The van der Waals surface area contributed by atoms with E-state index in [4.69, 9.17) is 4.65 Å². The summed E-state index contributed by atoms with van der Waals surface area (Å²) < 4.78 is 5.60. The fraction of sp³-hybridized carbons (Fsp3) is 0.133. The second-order valence-electron chi connectivity index (χ2n) is 4.80. The summed E-state index contributed by atoms with van der Waals surface area (Å²) in [6.45, 7) is 3.53. The normalized spacial score (nSPS) is 17.0. The molecule has 1 aromatic carbocycles. The number of benzene rings is 1. The first-order valence-electron chi connectivity index (χ1n) is 6.56. The lowest BCUT2D eigenvalue weighted by atomic mass is 9.77. The Morgan fingerprint density at radius 2 is 2.24 bits per heavy atom. The molecule has 2 aromatic rings. The average Bonchev–Trinajstić information content (AvgIpc) is 2.48. The number of hydrogen-bond acceptors (Lipinski definition) is 5. The Labute approximate surface area is 127 Å². The fourth-order valence-corrected chi connectivity index (χ4v) is 3.38. The highest BCUT2D eigenvalue weighted by atomic mass is 32.2. The number of pyridine rings is 1. The van der Waals surface area contributed by atoms with Gasteiger partial charge in [-0.25, -0.2) is 0 Å². The lowest BCUT2D eigenvalue weighted by molar-refractivity contribution is 0.392. The summed E-state index contributed by atoms with van der Waals surface area (Å²) in [6.07, 6.45) is 4.13. The molecule has 2 heterocycles. The molecule has 1 aliphatic rings. The highest BCUT2D eigenvalue weighted by Crippen LogP contribution is 2.37. The average molecular weight is 299 g/mol. The zero-order chi connectivity index (χ0) is 14.8. The molecule has 0 unspecified atom stereocenters. The predicted octanol–water partition coefficient (Wildman–Crippen LogP) is 2.73. The number of thioether (sulfide) groups is 1. The molecule has 0 fully saturated rings. The number of fused-ring (bicyclic) bond motifs is 1. The van der Waals surface area contributed by atoms with Gasteiger partial charge in [0.15, 0.2) is 0 Å². The van der Waals surface area contributed by atoms with Crippen LogP contribution in [0.3, 0.4) is 0 Å². The van der Waals surface area contributed by atoms with Gasteiger partial charge in [0, 0.05) is 17.3 Å². The number of aliphatic hydroxyl groups excluding tert-OH is 1. The molecule has 2 N–H and O–H groups in total. The Morgan fingerprint density at radius 1 is 1.38 bits per heavy atom. The maximum atomic E-state index is 10.2. The molecule has 0 amide bonds. The van der Waals surface area contributed by atoms with Crippen molar-refractivity contribution in [1.29, 1.82) is 0 Å². The molecule has 0 radical (unpaired) electrons. The van der Waals surface area contributed by atoms with Crippen LogP contribution in [0.1, 0.15) is 11.1 Å². The van der Waals surface area contributed by atoms with Gasteiger partial charge < -0.3 is 14.8 Å². The number of aromatic nitrogens is 1. The third-order valence-corrected chi connectivity index (χ3v) is 4.52. The first-order valence-corrected chi connectivity index (χ1v) is 7.44. The maximum Gasteiger partial charge on any atom is 0.537 e. The minimum absolute atomic E-state index is 0.0580. The van der Waals surface area contributed by atoms with E-state index in [1.807, 2.05) is 24.3 Å².